The van der Waals surface area contributed by atoms with Crippen LogP contribution in [0.2, 0.25) is 0 Å². The Bertz CT molecular complexity index is 701. The van der Waals surface area contributed by atoms with E-state index in [-0.39, 0.29) is 23.2 Å². The fourth-order valence-electron chi connectivity index (χ4n) is 2.54. The van der Waals surface area contributed by atoms with E-state index < -0.39 is 0 Å². The molecule has 0 saturated heterocycles. The quantitative estimate of drug-likeness (QED) is 0.747. The zero-order chi connectivity index (χ0) is 18.1. The first-order chi connectivity index (χ1) is 12.2. The molecule has 0 radical (unpaired) electrons. The van der Waals surface area contributed by atoms with Crippen molar-refractivity contribution < 1.29 is 9.59 Å². The summed E-state index contributed by atoms with van der Waals surface area (Å²) in [7, 11) is 0. The summed E-state index contributed by atoms with van der Waals surface area (Å²) in [6, 6.07) is 14.4. The van der Waals surface area contributed by atoms with Crippen LogP contribution in [0.4, 0.5) is 5.69 Å². The van der Waals surface area contributed by atoms with Gasteiger partial charge in [-0.1, -0.05) is 44.0 Å². The summed E-state index contributed by atoms with van der Waals surface area (Å²) in [5, 5.41) is 2.85. The van der Waals surface area contributed by atoms with E-state index in [1.165, 1.54) is 0 Å². The molecule has 132 valence electrons. The van der Waals surface area contributed by atoms with Crippen molar-refractivity contribution >= 4 is 17.5 Å². The SMILES string of the molecule is CCCCCNC(=O)c1cccc(C(=O)N(CC)c2ccccc2)n1. The fourth-order valence-corrected chi connectivity index (χ4v) is 2.54. The fraction of sp³-hybridized carbons (Fsp3) is 0.350. The monoisotopic (exact) mass is 339 g/mol. The van der Waals surface area contributed by atoms with Crippen LogP contribution in [-0.4, -0.2) is 29.9 Å². The Kier molecular flexibility index (Phi) is 7.14. The Hall–Kier alpha value is -2.69. The van der Waals surface area contributed by atoms with E-state index in [9.17, 15) is 9.59 Å². The van der Waals surface area contributed by atoms with E-state index >= 15 is 0 Å². The number of hydrogen-bond acceptors (Lipinski definition) is 3. The highest BCUT2D eigenvalue weighted by Gasteiger charge is 2.18. The van der Waals surface area contributed by atoms with Crippen LogP contribution in [0.1, 0.15) is 54.1 Å². The molecule has 1 N–H and O–H groups in total. The lowest BCUT2D eigenvalue weighted by Gasteiger charge is -2.20. The van der Waals surface area contributed by atoms with Gasteiger partial charge in [0.15, 0.2) is 0 Å². The maximum atomic E-state index is 12.8. The topological polar surface area (TPSA) is 62.3 Å². The van der Waals surface area contributed by atoms with Gasteiger partial charge in [0.2, 0.25) is 0 Å². The van der Waals surface area contributed by atoms with Crippen molar-refractivity contribution in [2.75, 3.05) is 18.0 Å². The second-order valence-corrected chi connectivity index (χ2v) is 5.76. The highest BCUT2D eigenvalue weighted by Crippen LogP contribution is 2.16. The van der Waals surface area contributed by atoms with Gasteiger partial charge < -0.3 is 10.2 Å². The van der Waals surface area contributed by atoms with Gasteiger partial charge in [-0.25, -0.2) is 4.98 Å². The van der Waals surface area contributed by atoms with Gasteiger partial charge in [0.05, 0.1) is 0 Å². The molecule has 2 amide bonds. The summed E-state index contributed by atoms with van der Waals surface area (Å²) in [5.41, 5.74) is 1.35. The van der Waals surface area contributed by atoms with Crippen molar-refractivity contribution in [1.29, 1.82) is 0 Å². The lowest BCUT2D eigenvalue weighted by Crippen LogP contribution is -2.32. The summed E-state index contributed by atoms with van der Waals surface area (Å²) < 4.78 is 0. The molecule has 25 heavy (non-hydrogen) atoms. The number of hydrogen-bond donors (Lipinski definition) is 1. The Labute approximate surface area is 149 Å². The van der Waals surface area contributed by atoms with Gasteiger partial charge >= 0.3 is 0 Å². The van der Waals surface area contributed by atoms with Gasteiger partial charge in [-0.3, -0.25) is 9.59 Å². The third-order valence-electron chi connectivity index (χ3n) is 3.90. The molecule has 2 aromatic rings. The molecule has 2 rings (SSSR count). The molecule has 0 spiro atoms. The Morgan fingerprint density at radius 3 is 2.36 bits per heavy atom. The first kappa shape index (κ1) is 18.6. The highest BCUT2D eigenvalue weighted by molar-refractivity contribution is 6.05. The number of nitrogens with zero attached hydrogens (tertiary/aromatic N) is 2. The summed E-state index contributed by atoms with van der Waals surface area (Å²) in [4.78, 5) is 30.9. The van der Waals surface area contributed by atoms with Crippen LogP contribution in [0.5, 0.6) is 0 Å². The maximum absolute atomic E-state index is 12.8. The molecule has 0 bridgehead atoms. The predicted octanol–water partition coefficient (Wildman–Crippen LogP) is 3.67. The molecule has 0 fully saturated rings. The van der Waals surface area contributed by atoms with E-state index in [1.807, 2.05) is 37.3 Å². The molecule has 1 aromatic carbocycles. The van der Waals surface area contributed by atoms with E-state index in [0.29, 0.717) is 13.1 Å². The largest absolute Gasteiger partial charge is 0.351 e. The Morgan fingerprint density at radius 1 is 0.960 bits per heavy atom. The Balaban J connectivity index is 2.11. The number of rotatable bonds is 8. The van der Waals surface area contributed by atoms with Crippen LogP contribution in [0, 0.1) is 0 Å². The van der Waals surface area contributed by atoms with Gasteiger partial charge in [-0.15, -0.1) is 0 Å². The first-order valence-corrected chi connectivity index (χ1v) is 8.79. The van der Waals surface area contributed by atoms with Crippen LogP contribution < -0.4 is 10.2 Å². The molecule has 1 heterocycles. The average Bonchev–Trinajstić information content (AvgIpc) is 2.66. The van der Waals surface area contributed by atoms with Gasteiger partial charge in [-0.2, -0.15) is 0 Å². The van der Waals surface area contributed by atoms with E-state index in [1.54, 1.807) is 23.1 Å². The molecule has 0 saturated carbocycles. The highest BCUT2D eigenvalue weighted by atomic mass is 16.2. The summed E-state index contributed by atoms with van der Waals surface area (Å²) in [6.45, 7) is 5.18. The number of carbonyl (C=O) groups is 2. The maximum Gasteiger partial charge on any atom is 0.276 e. The number of carbonyl (C=O) groups excluding carboxylic acids is 2. The smallest absolute Gasteiger partial charge is 0.276 e. The minimum atomic E-state index is -0.242. The molecular weight excluding hydrogens is 314 g/mol. The number of para-hydroxylation sites is 1. The minimum absolute atomic E-state index is 0.214. The van der Waals surface area contributed by atoms with E-state index in [2.05, 4.69) is 17.2 Å². The second-order valence-electron chi connectivity index (χ2n) is 5.76. The summed E-state index contributed by atoms with van der Waals surface area (Å²) in [6.07, 6.45) is 3.12. The molecule has 0 aliphatic rings. The standard InChI is InChI=1S/C20H25N3O2/c1-3-5-9-15-21-19(24)17-13-10-14-18(22-17)20(25)23(4-2)16-11-7-6-8-12-16/h6-8,10-14H,3-5,9,15H2,1-2H3,(H,21,24). The molecular formula is C20H25N3O2. The molecule has 0 aliphatic heterocycles. The summed E-state index contributed by atoms with van der Waals surface area (Å²) >= 11 is 0. The minimum Gasteiger partial charge on any atom is -0.351 e. The van der Waals surface area contributed by atoms with Gasteiger partial charge in [-0.05, 0) is 37.6 Å². The van der Waals surface area contributed by atoms with E-state index in [0.717, 1.165) is 24.9 Å². The van der Waals surface area contributed by atoms with Crippen molar-refractivity contribution in [3.05, 3.63) is 59.9 Å². The molecule has 5 heteroatoms. The number of benzene rings is 1. The zero-order valence-electron chi connectivity index (χ0n) is 14.9. The van der Waals surface area contributed by atoms with Crippen LogP contribution in [0.3, 0.4) is 0 Å². The number of anilines is 1. The molecule has 1 aromatic heterocycles. The van der Waals surface area contributed by atoms with E-state index in [4.69, 9.17) is 0 Å². The van der Waals surface area contributed by atoms with Crippen molar-refractivity contribution in [2.24, 2.45) is 0 Å². The van der Waals surface area contributed by atoms with Gasteiger partial charge in [0.1, 0.15) is 11.4 Å². The van der Waals surface area contributed by atoms with Crippen molar-refractivity contribution in [2.45, 2.75) is 33.1 Å². The van der Waals surface area contributed by atoms with Crippen LogP contribution in [0.25, 0.3) is 0 Å². The second kappa shape index (κ2) is 9.57. The van der Waals surface area contributed by atoms with Crippen LogP contribution in [-0.2, 0) is 0 Å². The molecule has 5 nitrogen and oxygen atoms in total. The number of aromatic nitrogens is 1. The van der Waals surface area contributed by atoms with Gasteiger partial charge in [0, 0.05) is 18.8 Å². The average molecular weight is 339 g/mol. The normalized spacial score (nSPS) is 10.3. The van der Waals surface area contributed by atoms with Crippen LogP contribution in [0.15, 0.2) is 48.5 Å². The zero-order valence-corrected chi connectivity index (χ0v) is 14.9. The lowest BCUT2D eigenvalue weighted by molar-refractivity contribution is 0.0947. The lowest BCUT2D eigenvalue weighted by atomic mass is 10.2. The van der Waals surface area contributed by atoms with Gasteiger partial charge in [0.25, 0.3) is 11.8 Å². The number of unbranched alkanes of at least 4 members (excludes halogenated alkanes) is 2. The Morgan fingerprint density at radius 2 is 1.68 bits per heavy atom. The third kappa shape index (κ3) is 5.14. The molecule has 0 unspecified atom stereocenters. The van der Waals surface area contributed by atoms with Crippen molar-refractivity contribution in [3.8, 4) is 0 Å². The van der Waals surface area contributed by atoms with Crippen molar-refractivity contribution in [1.82, 2.24) is 10.3 Å². The number of nitrogens with one attached hydrogen (secondary N) is 1. The molecule has 0 aliphatic carbocycles. The molecule has 0 atom stereocenters. The third-order valence-corrected chi connectivity index (χ3v) is 3.90. The predicted molar refractivity (Wildman–Crippen MR) is 99.9 cm³/mol. The first-order valence-electron chi connectivity index (χ1n) is 8.79. The van der Waals surface area contributed by atoms with Crippen LogP contribution >= 0.6 is 0 Å². The van der Waals surface area contributed by atoms with Crippen molar-refractivity contribution in [3.63, 3.8) is 0 Å². The summed E-state index contributed by atoms with van der Waals surface area (Å²) in [5.74, 6) is -0.456. The number of pyridine rings is 1. The number of amides is 2.